The lowest BCUT2D eigenvalue weighted by molar-refractivity contribution is -0.121. The summed E-state index contributed by atoms with van der Waals surface area (Å²) < 4.78 is 5.45. The van der Waals surface area contributed by atoms with Crippen LogP contribution in [0.2, 0.25) is 0 Å². The lowest BCUT2D eigenvalue weighted by Gasteiger charge is -2.28. The first-order valence-electron chi connectivity index (χ1n) is 8.05. The normalized spacial score (nSPS) is 12.0. The zero-order valence-corrected chi connectivity index (χ0v) is 14.4. The van der Waals surface area contributed by atoms with Crippen molar-refractivity contribution in [1.82, 2.24) is 10.2 Å². The first-order valence-corrected chi connectivity index (χ1v) is 8.05. The van der Waals surface area contributed by atoms with Gasteiger partial charge in [0.15, 0.2) is 0 Å². The molecule has 0 aliphatic carbocycles. The van der Waals surface area contributed by atoms with E-state index < -0.39 is 0 Å². The maximum atomic E-state index is 12.7. The molecule has 0 saturated heterocycles. The molecule has 1 rings (SSSR count). The Hall–Kier alpha value is -1.78. The van der Waals surface area contributed by atoms with E-state index >= 15 is 0 Å². The molecule has 1 aromatic rings. The van der Waals surface area contributed by atoms with Gasteiger partial charge in [-0.3, -0.25) is 9.59 Å². The van der Waals surface area contributed by atoms with Crippen molar-refractivity contribution in [3.63, 3.8) is 0 Å². The van der Waals surface area contributed by atoms with Gasteiger partial charge in [0.1, 0.15) is 11.5 Å². The number of amides is 2. The van der Waals surface area contributed by atoms with Gasteiger partial charge in [-0.1, -0.05) is 13.8 Å². The molecule has 1 N–H and O–H groups in total. The molecule has 0 spiro atoms. The Balaban J connectivity index is 2.78. The highest BCUT2D eigenvalue weighted by Gasteiger charge is 2.24. The van der Waals surface area contributed by atoms with Gasteiger partial charge < -0.3 is 14.6 Å². The Morgan fingerprint density at radius 2 is 2.00 bits per heavy atom. The summed E-state index contributed by atoms with van der Waals surface area (Å²) in [6.45, 7) is 10.8. The van der Waals surface area contributed by atoms with E-state index in [1.54, 1.807) is 17.9 Å². The molecule has 2 amide bonds. The highest BCUT2D eigenvalue weighted by atomic mass is 16.3. The maximum Gasteiger partial charge on any atom is 0.257 e. The third-order valence-electron chi connectivity index (χ3n) is 3.81. The van der Waals surface area contributed by atoms with Crippen LogP contribution in [0.1, 0.15) is 61.9 Å². The van der Waals surface area contributed by atoms with Crippen molar-refractivity contribution in [2.75, 3.05) is 13.1 Å². The zero-order chi connectivity index (χ0) is 16.7. The standard InChI is InChI=1S/C17H28N2O3/c1-6-9-18-16(20)8-10-19(12(3)7-2)17(21)15-11-13(4)22-14(15)5/h11-12H,6-10H2,1-5H3,(H,18,20). The van der Waals surface area contributed by atoms with Crippen molar-refractivity contribution in [3.05, 3.63) is 23.2 Å². The molecule has 124 valence electrons. The largest absolute Gasteiger partial charge is 0.466 e. The molecule has 5 nitrogen and oxygen atoms in total. The van der Waals surface area contributed by atoms with E-state index in [1.807, 2.05) is 27.7 Å². The fourth-order valence-corrected chi connectivity index (χ4v) is 2.32. The molecule has 0 fully saturated rings. The predicted octanol–water partition coefficient (Wildman–Crippen LogP) is 3.05. The Labute approximate surface area is 133 Å². The molecular formula is C17H28N2O3. The van der Waals surface area contributed by atoms with Gasteiger partial charge in [-0.2, -0.15) is 0 Å². The summed E-state index contributed by atoms with van der Waals surface area (Å²) >= 11 is 0. The van der Waals surface area contributed by atoms with Crippen molar-refractivity contribution in [2.24, 2.45) is 0 Å². The van der Waals surface area contributed by atoms with E-state index in [9.17, 15) is 9.59 Å². The molecule has 0 bridgehead atoms. The number of furan rings is 1. The van der Waals surface area contributed by atoms with Crippen LogP contribution in [0.25, 0.3) is 0 Å². The van der Waals surface area contributed by atoms with Crippen molar-refractivity contribution in [1.29, 1.82) is 0 Å². The summed E-state index contributed by atoms with van der Waals surface area (Å²) in [5.74, 6) is 1.28. The number of carbonyl (C=O) groups excluding carboxylic acids is 2. The van der Waals surface area contributed by atoms with Gasteiger partial charge in [-0.15, -0.1) is 0 Å². The molecule has 22 heavy (non-hydrogen) atoms. The van der Waals surface area contributed by atoms with Gasteiger partial charge in [0.25, 0.3) is 5.91 Å². The van der Waals surface area contributed by atoms with Crippen molar-refractivity contribution >= 4 is 11.8 Å². The summed E-state index contributed by atoms with van der Waals surface area (Å²) in [5.41, 5.74) is 0.590. The van der Waals surface area contributed by atoms with Gasteiger partial charge in [-0.25, -0.2) is 0 Å². The van der Waals surface area contributed by atoms with Crippen LogP contribution in [0.3, 0.4) is 0 Å². The van der Waals surface area contributed by atoms with E-state index in [2.05, 4.69) is 5.32 Å². The van der Waals surface area contributed by atoms with Crippen LogP contribution in [0.15, 0.2) is 10.5 Å². The monoisotopic (exact) mass is 308 g/mol. The summed E-state index contributed by atoms with van der Waals surface area (Å²) in [5, 5.41) is 2.84. The highest BCUT2D eigenvalue weighted by Crippen LogP contribution is 2.18. The van der Waals surface area contributed by atoms with Gasteiger partial charge in [0.2, 0.25) is 5.91 Å². The number of nitrogens with zero attached hydrogens (tertiary/aromatic N) is 1. The number of carbonyl (C=O) groups is 2. The van der Waals surface area contributed by atoms with Gasteiger partial charge in [0, 0.05) is 25.6 Å². The maximum absolute atomic E-state index is 12.7. The number of hydrogen-bond acceptors (Lipinski definition) is 3. The molecule has 1 aromatic heterocycles. The van der Waals surface area contributed by atoms with Crippen LogP contribution in [0.5, 0.6) is 0 Å². The first-order chi connectivity index (χ1) is 10.4. The lowest BCUT2D eigenvalue weighted by Crippen LogP contribution is -2.41. The Bertz CT molecular complexity index is 508. The minimum atomic E-state index is -0.0630. The van der Waals surface area contributed by atoms with E-state index in [0.29, 0.717) is 30.8 Å². The van der Waals surface area contributed by atoms with Crippen LogP contribution in [-0.2, 0) is 4.79 Å². The second kappa shape index (κ2) is 8.61. The van der Waals surface area contributed by atoms with Gasteiger partial charge in [-0.05, 0) is 39.7 Å². The van der Waals surface area contributed by atoms with Gasteiger partial charge >= 0.3 is 0 Å². The second-order valence-electron chi connectivity index (χ2n) is 5.68. The third kappa shape index (κ3) is 4.90. The first kappa shape index (κ1) is 18.3. The molecule has 5 heteroatoms. The number of rotatable bonds is 8. The Kier molecular flexibility index (Phi) is 7.15. The second-order valence-corrected chi connectivity index (χ2v) is 5.68. The SMILES string of the molecule is CCCNC(=O)CCN(C(=O)c1cc(C)oc1C)C(C)CC. The zero-order valence-electron chi connectivity index (χ0n) is 14.4. The predicted molar refractivity (Wildman–Crippen MR) is 86.9 cm³/mol. The van der Waals surface area contributed by atoms with Crippen LogP contribution in [-0.4, -0.2) is 35.8 Å². The average molecular weight is 308 g/mol. The minimum absolute atomic E-state index is 0.0111. The fourth-order valence-electron chi connectivity index (χ4n) is 2.32. The number of hydrogen-bond donors (Lipinski definition) is 1. The van der Waals surface area contributed by atoms with Gasteiger partial charge in [0.05, 0.1) is 5.56 Å². The minimum Gasteiger partial charge on any atom is -0.466 e. The van der Waals surface area contributed by atoms with E-state index in [0.717, 1.165) is 18.6 Å². The summed E-state index contributed by atoms with van der Waals surface area (Å²) in [7, 11) is 0. The van der Waals surface area contributed by atoms with Crippen LogP contribution in [0.4, 0.5) is 0 Å². The number of nitrogens with one attached hydrogen (secondary N) is 1. The molecular weight excluding hydrogens is 280 g/mol. The molecule has 0 radical (unpaired) electrons. The molecule has 0 aromatic carbocycles. The molecule has 1 atom stereocenters. The molecule has 0 aliphatic heterocycles. The lowest BCUT2D eigenvalue weighted by atomic mass is 10.1. The van der Waals surface area contributed by atoms with Crippen molar-refractivity contribution < 1.29 is 14.0 Å². The Morgan fingerprint density at radius 3 is 2.50 bits per heavy atom. The molecule has 1 heterocycles. The summed E-state index contributed by atoms with van der Waals surface area (Å²) in [4.78, 5) is 26.3. The smallest absolute Gasteiger partial charge is 0.257 e. The third-order valence-corrected chi connectivity index (χ3v) is 3.81. The molecule has 1 unspecified atom stereocenters. The van der Waals surface area contributed by atoms with E-state index in [-0.39, 0.29) is 17.9 Å². The Morgan fingerprint density at radius 1 is 1.32 bits per heavy atom. The fraction of sp³-hybridized carbons (Fsp3) is 0.647. The van der Waals surface area contributed by atoms with E-state index in [1.165, 1.54) is 0 Å². The van der Waals surface area contributed by atoms with Crippen molar-refractivity contribution in [3.8, 4) is 0 Å². The van der Waals surface area contributed by atoms with Crippen LogP contribution in [0, 0.1) is 13.8 Å². The van der Waals surface area contributed by atoms with E-state index in [4.69, 9.17) is 4.42 Å². The molecule has 0 saturated carbocycles. The highest BCUT2D eigenvalue weighted by molar-refractivity contribution is 5.95. The van der Waals surface area contributed by atoms with Crippen LogP contribution < -0.4 is 5.32 Å². The number of aryl methyl sites for hydroxylation is 2. The summed E-state index contributed by atoms with van der Waals surface area (Å²) in [6.07, 6.45) is 2.08. The quantitative estimate of drug-likeness (QED) is 0.803. The summed E-state index contributed by atoms with van der Waals surface area (Å²) in [6, 6.07) is 1.85. The van der Waals surface area contributed by atoms with Crippen LogP contribution >= 0.6 is 0 Å². The molecule has 0 aliphatic rings. The topological polar surface area (TPSA) is 62.6 Å². The average Bonchev–Trinajstić information content (AvgIpc) is 2.83. The van der Waals surface area contributed by atoms with Crippen molar-refractivity contribution in [2.45, 2.75) is 59.9 Å².